The fourth-order valence-electron chi connectivity index (χ4n) is 3.84. The Balaban J connectivity index is 0.000000509. The minimum absolute atomic E-state index is 0.118. The number of alkyl halides is 3. The smallest absolute Gasteiger partial charge is 0.490 e. The Hall–Kier alpha value is -2.38. The minimum atomic E-state index is -5.08. The van der Waals surface area contributed by atoms with E-state index in [1.807, 2.05) is 30.8 Å². The van der Waals surface area contributed by atoms with Crippen LogP contribution in [0.2, 0.25) is 0 Å². The molecule has 1 fully saturated rings. The number of amides is 1. The number of para-hydroxylation sites is 1. The molecule has 13 heteroatoms. The molecule has 0 bridgehead atoms. The van der Waals surface area contributed by atoms with Crippen molar-refractivity contribution in [1.29, 1.82) is 0 Å². The lowest BCUT2D eigenvalue weighted by atomic mass is 9.78. The van der Waals surface area contributed by atoms with E-state index < -0.39 is 22.2 Å². The largest absolute Gasteiger partial charge is 0.492 e. The number of halogens is 3. The van der Waals surface area contributed by atoms with Gasteiger partial charge in [-0.25, -0.2) is 13.2 Å². The number of carbonyl (C=O) groups is 2. The van der Waals surface area contributed by atoms with Gasteiger partial charge >= 0.3 is 12.1 Å². The Morgan fingerprint density at radius 3 is 2.24 bits per heavy atom. The first kappa shape index (κ1) is 27.9. The van der Waals surface area contributed by atoms with E-state index in [0.29, 0.717) is 45.1 Å². The van der Waals surface area contributed by atoms with Crippen molar-refractivity contribution in [2.45, 2.75) is 30.8 Å². The summed E-state index contributed by atoms with van der Waals surface area (Å²) < 4.78 is 65.5. The minimum Gasteiger partial charge on any atom is -0.492 e. The topological polar surface area (TPSA) is 107 Å². The highest BCUT2D eigenvalue weighted by Gasteiger charge is 2.43. The third-order valence-corrected chi connectivity index (χ3v) is 7.70. The van der Waals surface area contributed by atoms with Crippen LogP contribution in [-0.2, 0) is 19.6 Å². The number of hydrogen-bond acceptors (Lipinski definition) is 6. The molecular formula is C21H30F3N3O6S. The van der Waals surface area contributed by atoms with Crippen molar-refractivity contribution >= 4 is 21.9 Å². The zero-order valence-corrected chi connectivity index (χ0v) is 20.2. The van der Waals surface area contributed by atoms with Crippen LogP contribution >= 0.6 is 0 Å². The van der Waals surface area contributed by atoms with Gasteiger partial charge in [0.15, 0.2) is 0 Å². The Morgan fingerprint density at radius 2 is 1.74 bits per heavy atom. The number of piperidine rings is 1. The van der Waals surface area contributed by atoms with Gasteiger partial charge < -0.3 is 19.6 Å². The highest BCUT2D eigenvalue weighted by molar-refractivity contribution is 7.89. The van der Waals surface area contributed by atoms with E-state index in [9.17, 15) is 26.4 Å². The van der Waals surface area contributed by atoms with Crippen LogP contribution in [0.5, 0.6) is 5.75 Å². The van der Waals surface area contributed by atoms with E-state index in [-0.39, 0.29) is 16.2 Å². The predicted molar refractivity (Wildman–Crippen MR) is 117 cm³/mol. The number of fused-ring (bicyclic) bond motifs is 1. The number of benzene rings is 1. The fraction of sp³-hybridized carbons (Fsp3) is 0.619. The number of ether oxygens (including phenoxy) is 1. The van der Waals surface area contributed by atoms with Crippen molar-refractivity contribution < 1.29 is 41.0 Å². The maximum Gasteiger partial charge on any atom is 0.490 e. The molecule has 1 spiro atoms. The number of sulfonamides is 1. The second kappa shape index (κ2) is 10.9. The molecule has 1 saturated heterocycles. The molecule has 34 heavy (non-hydrogen) atoms. The summed E-state index contributed by atoms with van der Waals surface area (Å²) in [5.41, 5.74) is -0.272. The number of nitrogens with zero attached hydrogens (tertiary/aromatic N) is 3. The van der Waals surface area contributed by atoms with Crippen LogP contribution in [0.25, 0.3) is 0 Å². The first-order chi connectivity index (χ1) is 15.7. The number of rotatable bonds is 3. The van der Waals surface area contributed by atoms with E-state index in [4.69, 9.17) is 14.6 Å². The number of carboxylic acids is 1. The first-order valence-corrected chi connectivity index (χ1v) is 12.1. The van der Waals surface area contributed by atoms with Crippen LogP contribution in [0.4, 0.5) is 13.2 Å². The van der Waals surface area contributed by atoms with Crippen LogP contribution in [0, 0.1) is 5.41 Å². The highest BCUT2D eigenvalue weighted by atomic mass is 32.2. The van der Waals surface area contributed by atoms with Gasteiger partial charge in [0.05, 0.1) is 13.2 Å². The van der Waals surface area contributed by atoms with Gasteiger partial charge in [-0.05, 0) is 39.1 Å². The van der Waals surface area contributed by atoms with Crippen LogP contribution in [0.15, 0.2) is 29.2 Å². The van der Waals surface area contributed by atoms with Gasteiger partial charge in [0.25, 0.3) is 0 Å². The molecule has 0 saturated carbocycles. The summed E-state index contributed by atoms with van der Waals surface area (Å²) in [6.45, 7) is 4.84. The van der Waals surface area contributed by atoms with Crippen molar-refractivity contribution in [3.05, 3.63) is 24.3 Å². The number of likely N-dealkylation sites (tertiary alicyclic amines) is 1. The van der Waals surface area contributed by atoms with Gasteiger partial charge in [-0.2, -0.15) is 17.5 Å². The summed E-state index contributed by atoms with van der Waals surface area (Å²) in [5, 5.41) is 7.12. The van der Waals surface area contributed by atoms with E-state index in [1.54, 1.807) is 28.6 Å². The van der Waals surface area contributed by atoms with E-state index in [1.165, 1.54) is 0 Å². The summed E-state index contributed by atoms with van der Waals surface area (Å²) in [7, 11) is 0.172. The Morgan fingerprint density at radius 1 is 1.18 bits per heavy atom. The first-order valence-electron chi connectivity index (χ1n) is 10.7. The van der Waals surface area contributed by atoms with Gasteiger partial charge in [0.2, 0.25) is 15.9 Å². The molecular weight excluding hydrogens is 479 g/mol. The molecule has 0 atom stereocenters. The molecule has 1 N–H and O–H groups in total. The molecule has 1 amide bonds. The molecule has 2 aliphatic rings. The molecule has 1 aromatic rings. The van der Waals surface area contributed by atoms with Gasteiger partial charge in [-0.3, -0.25) is 4.79 Å². The summed E-state index contributed by atoms with van der Waals surface area (Å²) in [4.78, 5) is 25.2. The standard InChI is InChI=1S/C19H29N3O4S.C2HF3O2/c1-4-22-14-19(9-11-21(12-10-19)18(23)13-20(2)3)15-26-16-7-5-6-8-17(16)27(22,24)25;3-2(4,5)1(6)7/h5-8H,4,9-15H2,1-3H3;(H,6,7). The zero-order chi connectivity index (χ0) is 25.7. The Kier molecular flexibility index (Phi) is 8.94. The van der Waals surface area contributed by atoms with E-state index >= 15 is 0 Å². The molecule has 2 aliphatic heterocycles. The number of hydrogen-bond donors (Lipinski definition) is 1. The lowest BCUT2D eigenvalue weighted by Crippen LogP contribution is -2.53. The monoisotopic (exact) mass is 509 g/mol. The summed E-state index contributed by atoms with van der Waals surface area (Å²) in [6, 6.07) is 6.84. The van der Waals surface area contributed by atoms with Crippen LogP contribution in [-0.4, -0.2) is 99.1 Å². The van der Waals surface area contributed by atoms with E-state index in [2.05, 4.69) is 0 Å². The maximum atomic E-state index is 13.1. The number of carbonyl (C=O) groups excluding carboxylic acids is 1. The normalized spacial score (nSPS) is 19.8. The molecule has 0 unspecified atom stereocenters. The van der Waals surface area contributed by atoms with Crippen LogP contribution < -0.4 is 4.74 Å². The molecule has 3 rings (SSSR count). The average molecular weight is 510 g/mol. The second-order valence-corrected chi connectivity index (χ2v) is 10.5. The van der Waals surface area contributed by atoms with Crippen molar-refractivity contribution in [1.82, 2.24) is 14.1 Å². The van der Waals surface area contributed by atoms with Crippen LogP contribution in [0.3, 0.4) is 0 Å². The quantitative estimate of drug-likeness (QED) is 0.663. The second-order valence-electron chi connectivity index (χ2n) is 8.59. The van der Waals surface area contributed by atoms with Gasteiger partial charge in [-0.15, -0.1) is 0 Å². The zero-order valence-electron chi connectivity index (χ0n) is 19.3. The van der Waals surface area contributed by atoms with Gasteiger partial charge in [-0.1, -0.05) is 19.1 Å². The van der Waals surface area contributed by atoms with E-state index in [0.717, 1.165) is 12.8 Å². The number of aliphatic carboxylic acids is 1. The number of likely N-dealkylation sites (N-methyl/N-ethyl adjacent to an activating group) is 1. The third kappa shape index (κ3) is 6.83. The molecule has 192 valence electrons. The van der Waals surface area contributed by atoms with Crippen molar-refractivity contribution in [3.8, 4) is 5.75 Å². The molecule has 0 aliphatic carbocycles. The molecule has 1 aromatic carbocycles. The van der Waals surface area contributed by atoms with Crippen molar-refractivity contribution in [2.75, 3.05) is 53.4 Å². The van der Waals surface area contributed by atoms with Gasteiger partial charge in [0, 0.05) is 31.6 Å². The summed E-state index contributed by atoms with van der Waals surface area (Å²) in [5.74, 6) is -2.22. The Labute approximate surface area is 197 Å². The Bertz CT molecular complexity index is 976. The number of carboxylic acid groups (broad SMARTS) is 1. The molecule has 2 heterocycles. The summed E-state index contributed by atoms with van der Waals surface area (Å²) in [6.07, 6.45) is -3.61. The lowest BCUT2D eigenvalue weighted by molar-refractivity contribution is -0.192. The molecule has 0 radical (unpaired) electrons. The van der Waals surface area contributed by atoms with Crippen molar-refractivity contribution in [3.63, 3.8) is 0 Å². The highest BCUT2D eigenvalue weighted by Crippen LogP contribution is 2.39. The molecule has 9 nitrogen and oxygen atoms in total. The average Bonchev–Trinajstić information content (AvgIpc) is 2.75. The summed E-state index contributed by atoms with van der Waals surface area (Å²) >= 11 is 0. The maximum absolute atomic E-state index is 13.1. The molecule has 0 aromatic heterocycles. The third-order valence-electron chi connectivity index (χ3n) is 5.74. The SMILES string of the molecule is CCN1CC2(CCN(C(=O)CN(C)C)CC2)COc2ccccc2S1(=O)=O.O=C(O)C(F)(F)F. The van der Waals surface area contributed by atoms with Crippen LogP contribution in [0.1, 0.15) is 19.8 Å². The fourth-order valence-corrected chi connectivity index (χ4v) is 5.54. The van der Waals surface area contributed by atoms with Crippen molar-refractivity contribution in [2.24, 2.45) is 5.41 Å². The lowest BCUT2D eigenvalue weighted by Gasteiger charge is -2.45. The van der Waals surface area contributed by atoms with Gasteiger partial charge in [0.1, 0.15) is 10.6 Å². The predicted octanol–water partition coefficient (Wildman–Crippen LogP) is 1.89.